The average Bonchev–Trinajstić information content (AvgIpc) is 2.82. The number of aryl methyl sites for hydroxylation is 2. The van der Waals surface area contributed by atoms with Crippen LogP contribution >= 0.6 is 0 Å². The molecule has 0 amide bonds. The van der Waals surface area contributed by atoms with Crippen LogP contribution in [0.1, 0.15) is 42.2 Å². The Labute approximate surface area is 203 Å². The predicted octanol–water partition coefficient (Wildman–Crippen LogP) is 6.50. The number of fused-ring (bicyclic) bond motifs is 1. The summed E-state index contributed by atoms with van der Waals surface area (Å²) in [5.74, 6) is -0.390. The zero-order valence-corrected chi connectivity index (χ0v) is 20.3. The van der Waals surface area contributed by atoms with Crippen LogP contribution in [-0.4, -0.2) is 34.9 Å². The van der Waals surface area contributed by atoms with Crippen LogP contribution in [0.2, 0.25) is 0 Å². The second kappa shape index (κ2) is 8.61. The molecule has 4 aromatic rings. The van der Waals surface area contributed by atoms with Gasteiger partial charge in [0.05, 0.1) is 17.7 Å². The standard InChI is InChI=1S/C29H28FNO4/c1-16-5-6-20-19(13-16)14-17(2)23(27(28(32)33)35-29(3,4)15-30)25(20)21-7-8-22-24-18(10-12-34-22)9-11-31-26(21)24/h5-9,11,13-14,27H,10,12,15H2,1-4H3,(H,32,33)/t27-/m0/s1. The van der Waals surface area contributed by atoms with Crippen LogP contribution in [0.3, 0.4) is 0 Å². The van der Waals surface area contributed by atoms with E-state index in [-0.39, 0.29) is 0 Å². The van der Waals surface area contributed by atoms with Gasteiger partial charge < -0.3 is 14.6 Å². The molecule has 0 fully saturated rings. The number of halogens is 1. The van der Waals surface area contributed by atoms with Crippen molar-refractivity contribution in [2.75, 3.05) is 13.3 Å². The highest BCUT2D eigenvalue weighted by molar-refractivity contribution is 6.09. The number of benzene rings is 3. The number of carboxylic acid groups (broad SMARTS) is 1. The van der Waals surface area contributed by atoms with E-state index in [0.29, 0.717) is 12.2 Å². The minimum Gasteiger partial charge on any atom is -0.493 e. The van der Waals surface area contributed by atoms with Crippen molar-refractivity contribution in [3.63, 3.8) is 0 Å². The third-order valence-electron chi connectivity index (χ3n) is 6.63. The van der Waals surface area contributed by atoms with Gasteiger partial charge in [-0.25, -0.2) is 9.18 Å². The van der Waals surface area contributed by atoms with Gasteiger partial charge >= 0.3 is 5.97 Å². The lowest BCUT2D eigenvalue weighted by molar-refractivity contribution is -0.163. The zero-order chi connectivity index (χ0) is 24.9. The number of ether oxygens (including phenoxy) is 2. The highest BCUT2D eigenvalue weighted by Gasteiger charge is 2.34. The van der Waals surface area contributed by atoms with Crippen molar-refractivity contribution in [2.24, 2.45) is 0 Å². The molecule has 180 valence electrons. The first-order chi connectivity index (χ1) is 16.7. The molecule has 3 aromatic carbocycles. The Morgan fingerprint density at radius 3 is 2.74 bits per heavy atom. The van der Waals surface area contributed by atoms with Gasteiger partial charge in [0.15, 0.2) is 6.10 Å². The lowest BCUT2D eigenvalue weighted by Gasteiger charge is -2.29. The summed E-state index contributed by atoms with van der Waals surface area (Å²) >= 11 is 0. The molecule has 0 saturated heterocycles. The van der Waals surface area contributed by atoms with E-state index < -0.39 is 24.3 Å². The van der Waals surface area contributed by atoms with Gasteiger partial charge in [-0.1, -0.05) is 29.8 Å². The van der Waals surface area contributed by atoms with Gasteiger partial charge in [-0.05, 0) is 73.4 Å². The molecule has 0 bridgehead atoms. The van der Waals surface area contributed by atoms with Crippen molar-refractivity contribution in [1.82, 2.24) is 4.98 Å². The first-order valence-corrected chi connectivity index (χ1v) is 11.7. The molecule has 1 aromatic heterocycles. The Hall–Kier alpha value is -3.51. The van der Waals surface area contributed by atoms with Crippen molar-refractivity contribution in [2.45, 2.75) is 45.8 Å². The zero-order valence-electron chi connectivity index (χ0n) is 20.3. The molecule has 1 aliphatic rings. The Morgan fingerprint density at radius 2 is 2.00 bits per heavy atom. The molecule has 0 unspecified atom stereocenters. The summed E-state index contributed by atoms with van der Waals surface area (Å²) in [6.07, 6.45) is 1.21. The molecule has 0 radical (unpaired) electrons. The summed E-state index contributed by atoms with van der Waals surface area (Å²) in [7, 11) is 0. The molecule has 1 aliphatic heterocycles. The number of aliphatic carboxylic acids is 1. The number of alkyl halides is 1. The Bertz CT molecular complexity index is 1470. The fraction of sp³-hybridized carbons (Fsp3) is 0.310. The molecule has 5 rings (SSSR count). The second-order valence-electron chi connectivity index (χ2n) is 9.84. The first kappa shape index (κ1) is 23.2. The van der Waals surface area contributed by atoms with Crippen molar-refractivity contribution in [3.05, 3.63) is 70.9 Å². The SMILES string of the molecule is Cc1ccc2c(-c3ccc4c5c(ccnc35)CCO4)c([C@H](OC(C)(C)CF)C(=O)O)c(C)cc2c1. The van der Waals surface area contributed by atoms with Crippen LogP contribution in [0.15, 0.2) is 48.7 Å². The lowest BCUT2D eigenvalue weighted by atomic mass is 9.85. The van der Waals surface area contributed by atoms with E-state index in [9.17, 15) is 14.3 Å². The van der Waals surface area contributed by atoms with E-state index in [1.54, 1.807) is 20.0 Å². The normalized spacial score (nSPS) is 14.2. The second-order valence-corrected chi connectivity index (χ2v) is 9.84. The number of nitrogens with zero attached hydrogens (tertiary/aromatic N) is 1. The van der Waals surface area contributed by atoms with Crippen LogP contribution in [0.5, 0.6) is 5.75 Å². The summed E-state index contributed by atoms with van der Waals surface area (Å²) in [5.41, 5.74) is 4.55. The number of hydrogen-bond acceptors (Lipinski definition) is 4. The van der Waals surface area contributed by atoms with Gasteiger partial charge in [-0.15, -0.1) is 0 Å². The van der Waals surface area contributed by atoms with Gasteiger partial charge in [0.25, 0.3) is 0 Å². The summed E-state index contributed by atoms with van der Waals surface area (Å²) in [6.45, 7) is 6.82. The number of pyridine rings is 1. The Balaban J connectivity index is 1.89. The molecule has 1 atom stereocenters. The van der Waals surface area contributed by atoms with Crippen LogP contribution in [-0.2, 0) is 16.0 Å². The van der Waals surface area contributed by atoms with E-state index in [4.69, 9.17) is 14.5 Å². The highest BCUT2D eigenvalue weighted by Crippen LogP contribution is 2.45. The summed E-state index contributed by atoms with van der Waals surface area (Å²) in [6, 6.07) is 13.9. The van der Waals surface area contributed by atoms with E-state index in [0.717, 1.165) is 61.7 Å². The average molecular weight is 474 g/mol. The highest BCUT2D eigenvalue weighted by atomic mass is 19.1. The third kappa shape index (κ3) is 4.02. The molecule has 0 aliphatic carbocycles. The topological polar surface area (TPSA) is 68.7 Å². The van der Waals surface area contributed by atoms with E-state index in [1.807, 2.05) is 50.2 Å². The van der Waals surface area contributed by atoms with Crippen molar-refractivity contribution in [1.29, 1.82) is 0 Å². The number of carbonyl (C=O) groups is 1. The summed E-state index contributed by atoms with van der Waals surface area (Å²) in [4.78, 5) is 17.3. The van der Waals surface area contributed by atoms with Gasteiger partial charge in [-0.2, -0.15) is 0 Å². The molecule has 0 saturated carbocycles. The Morgan fingerprint density at radius 1 is 1.20 bits per heavy atom. The molecule has 1 N–H and O–H groups in total. The van der Waals surface area contributed by atoms with E-state index in [1.165, 1.54) is 0 Å². The fourth-order valence-electron chi connectivity index (χ4n) is 5.00. The largest absolute Gasteiger partial charge is 0.493 e. The minimum atomic E-state index is -1.36. The maximum absolute atomic E-state index is 13.7. The van der Waals surface area contributed by atoms with Gasteiger partial charge in [0.1, 0.15) is 12.4 Å². The van der Waals surface area contributed by atoms with Crippen molar-refractivity contribution >= 4 is 27.6 Å². The monoisotopic (exact) mass is 473 g/mol. The fourth-order valence-corrected chi connectivity index (χ4v) is 5.00. The first-order valence-electron chi connectivity index (χ1n) is 11.7. The van der Waals surface area contributed by atoms with Crippen LogP contribution in [0.25, 0.3) is 32.8 Å². The van der Waals surface area contributed by atoms with Crippen molar-refractivity contribution in [3.8, 4) is 16.9 Å². The molecule has 2 heterocycles. The minimum absolute atomic E-state index is 0.509. The van der Waals surface area contributed by atoms with Gasteiger partial charge in [0, 0.05) is 29.1 Å². The molecule has 35 heavy (non-hydrogen) atoms. The van der Waals surface area contributed by atoms with E-state index in [2.05, 4.69) is 6.07 Å². The number of carboxylic acids is 1. The maximum Gasteiger partial charge on any atom is 0.337 e. The Kier molecular flexibility index (Phi) is 5.72. The predicted molar refractivity (Wildman–Crippen MR) is 135 cm³/mol. The molecular formula is C29H28FNO4. The third-order valence-corrected chi connectivity index (χ3v) is 6.63. The quantitative estimate of drug-likeness (QED) is 0.346. The van der Waals surface area contributed by atoms with Crippen molar-refractivity contribution < 1.29 is 23.8 Å². The molecular weight excluding hydrogens is 445 g/mol. The summed E-state index contributed by atoms with van der Waals surface area (Å²) < 4.78 is 25.6. The number of hydrogen-bond donors (Lipinski definition) is 1. The van der Waals surface area contributed by atoms with Crippen LogP contribution in [0, 0.1) is 13.8 Å². The number of rotatable bonds is 6. The number of aromatic nitrogens is 1. The molecule has 6 heteroatoms. The lowest BCUT2D eigenvalue weighted by Crippen LogP contribution is -2.33. The molecule has 5 nitrogen and oxygen atoms in total. The maximum atomic E-state index is 13.7. The summed E-state index contributed by atoms with van der Waals surface area (Å²) in [5, 5.41) is 13.1. The van der Waals surface area contributed by atoms with Gasteiger partial charge in [-0.3, -0.25) is 4.98 Å². The van der Waals surface area contributed by atoms with Crippen LogP contribution in [0.4, 0.5) is 4.39 Å². The smallest absolute Gasteiger partial charge is 0.337 e. The van der Waals surface area contributed by atoms with E-state index >= 15 is 0 Å². The van der Waals surface area contributed by atoms with Gasteiger partial charge in [0.2, 0.25) is 0 Å². The van der Waals surface area contributed by atoms with Crippen LogP contribution < -0.4 is 4.74 Å². The molecule has 0 spiro atoms.